The molecule has 4 nitrogen and oxygen atoms in total. The molecule has 1 aliphatic carbocycles. The van der Waals surface area contributed by atoms with Crippen molar-refractivity contribution in [2.45, 2.75) is 45.2 Å². The lowest BCUT2D eigenvalue weighted by atomic mass is 10.2. The van der Waals surface area contributed by atoms with Gasteiger partial charge in [0.05, 0.1) is 23.7 Å². The molecule has 1 heterocycles. The van der Waals surface area contributed by atoms with E-state index >= 15 is 0 Å². The van der Waals surface area contributed by atoms with Crippen LogP contribution >= 0.6 is 0 Å². The van der Waals surface area contributed by atoms with Gasteiger partial charge in [0.2, 0.25) is 0 Å². The third kappa shape index (κ3) is 3.33. The van der Waals surface area contributed by atoms with Crippen molar-refractivity contribution < 1.29 is 0 Å². The van der Waals surface area contributed by atoms with Crippen LogP contribution in [-0.2, 0) is 6.54 Å². The van der Waals surface area contributed by atoms with Crippen molar-refractivity contribution in [3.63, 3.8) is 0 Å². The third-order valence-electron chi connectivity index (χ3n) is 3.60. The van der Waals surface area contributed by atoms with E-state index in [1.807, 2.05) is 14.0 Å². The van der Waals surface area contributed by atoms with Crippen molar-refractivity contribution in [1.29, 1.82) is 5.26 Å². The summed E-state index contributed by atoms with van der Waals surface area (Å²) >= 11 is 0. The van der Waals surface area contributed by atoms with Crippen LogP contribution in [0.1, 0.15) is 44.3 Å². The van der Waals surface area contributed by atoms with Crippen LogP contribution in [0.4, 0.5) is 0 Å². The van der Waals surface area contributed by atoms with Gasteiger partial charge in [-0.1, -0.05) is 12.8 Å². The Hall–Kier alpha value is -1.34. The van der Waals surface area contributed by atoms with Gasteiger partial charge in [0.15, 0.2) is 0 Å². The van der Waals surface area contributed by atoms with Crippen LogP contribution in [0.15, 0.2) is 12.3 Å². The van der Waals surface area contributed by atoms with Gasteiger partial charge >= 0.3 is 0 Å². The van der Waals surface area contributed by atoms with Gasteiger partial charge in [0.25, 0.3) is 0 Å². The van der Waals surface area contributed by atoms with Crippen molar-refractivity contribution >= 4 is 0 Å². The van der Waals surface area contributed by atoms with Gasteiger partial charge in [-0.15, -0.1) is 0 Å². The van der Waals surface area contributed by atoms with E-state index in [-0.39, 0.29) is 5.92 Å². The summed E-state index contributed by atoms with van der Waals surface area (Å²) in [6.45, 7) is 3.58. The van der Waals surface area contributed by atoms with E-state index in [2.05, 4.69) is 33.0 Å². The molecule has 18 heavy (non-hydrogen) atoms. The van der Waals surface area contributed by atoms with Gasteiger partial charge in [0.1, 0.15) is 0 Å². The molecule has 4 heteroatoms. The predicted molar refractivity (Wildman–Crippen MR) is 70.8 cm³/mol. The van der Waals surface area contributed by atoms with Crippen molar-refractivity contribution in [2.24, 2.45) is 5.92 Å². The van der Waals surface area contributed by atoms with E-state index in [1.165, 1.54) is 25.7 Å². The molecular formula is C14H22N4. The van der Waals surface area contributed by atoms with Crippen LogP contribution in [0.3, 0.4) is 0 Å². The molecule has 0 amide bonds. The van der Waals surface area contributed by atoms with Crippen LogP contribution in [-0.4, -0.2) is 28.3 Å². The van der Waals surface area contributed by atoms with Crippen LogP contribution in [0, 0.1) is 17.2 Å². The molecular weight excluding hydrogens is 224 g/mol. The molecule has 0 aliphatic heterocycles. The number of aromatic nitrogens is 2. The summed E-state index contributed by atoms with van der Waals surface area (Å²) in [5.41, 5.74) is 1.11. The fourth-order valence-electron chi connectivity index (χ4n) is 2.68. The maximum atomic E-state index is 8.80. The SMILES string of the molecule is CC(C#N)CN(C)Cc1ccn(C2CCCC2)n1. The molecule has 0 spiro atoms. The number of nitriles is 1. The highest BCUT2D eigenvalue weighted by molar-refractivity contribution is 5.00. The van der Waals surface area contributed by atoms with Crippen LogP contribution < -0.4 is 0 Å². The highest BCUT2D eigenvalue weighted by Crippen LogP contribution is 2.28. The minimum absolute atomic E-state index is 0.0758. The highest BCUT2D eigenvalue weighted by atomic mass is 15.3. The first-order chi connectivity index (χ1) is 8.69. The van der Waals surface area contributed by atoms with Crippen molar-refractivity contribution in [3.05, 3.63) is 18.0 Å². The minimum atomic E-state index is 0.0758. The standard InChI is InChI=1S/C14H22N4/c1-12(9-15)10-17(2)11-13-7-8-18(16-13)14-5-3-4-6-14/h7-8,12,14H,3-6,10-11H2,1-2H3. The van der Waals surface area contributed by atoms with Crippen molar-refractivity contribution in [3.8, 4) is 6.07 Å². The zero-order valence-corrected chi connectivity index (χ0v) is 11.3. The Morgan fingerprint density at radius 3 is 2.94 bits per heavy atom. The summed E-state index contributed by atoms with van der Waals surface area (Å²) in [5, 5.41) is 13.5. The second-order valence-electron chi connectivity index (χ2n) is 5.45. The lowest BCUT2D eigenvalue weighted by molar-refractivity contribution is 0.297. The van der Waals surface area contributed by atoms with E-state index in [9.17, 15) is 0 Å². The van der Waals surface area contributed by atoms with Crippen LogP contribution in [0.2, 0.25) is 0 Å². The molecule has 98 valence electrons. The zero-order chi connectivity index (χ0) is 13.0. The molecule has 1 saturated carbocycles. The molecule has 0 saturated heterocycles. The van der Waals surface area contributed by atoms with Gasteiger partial charge in [-0.2, -0.15) is 10.4 Å². The lowest BCUT2D eigenvalue weighted by Crippen LogP contribution is -2.23. The first-order valence-corrected chi connectivity index (χ1v) is 6.81. The summed E-state index contributed by atoms with van der Waals surface area (Å²) in [7, 11) is 2.04. The number of nitrogens with zero attached hydrogens (tertiary/aromatic N) is 4. The minimum Gasteiger partial charge on any atom is -0.299 e. The molecule has 1 atom stereocenters. The van der Waals surface area contributed by atoms with Crippen LogP contribution in [0.25, 0.3) is 0 Å². The molecule has 0 N–H and O–H groups in total. The Balaban J connectivity index is 1.88. The summed E-state index contributed by atoms with van der Waals surface area (Å²) in [4.78, 5) is 2.16. The Kier molecular flexibility index (Phi) is 4.38. The Morgan fingerprint density at radius 1 is 1.56 bits per heavy atom. The average molecular weight is 246 g/mol. The van der Waals surface area contributed by atoms with Crippen molar-refractivity contribution in [1.82, 2.24) is 14.7 Å². The maximum Gasteiger partial charge on any atom is 0.0764 e. The number of hydrogen-bond acceptors (Lipinski definition) is 3. The monoisotopic (exact) mass is 246 g/mol. The van der Waals surface area contributed by atoms with Crippen LogP contribution in [0.5, 0.6) is 0 Å². The summed E-state index contributed by atoms with van der Waals surface area (Å²) in [6.07, 6.45) is 7.30. The smallest absolute Gasteiger partial charge is 0.0764 e. The van der Waals surface area contributed by atoms with Gasteiger partial charge in [-0.05, 0) is 32.9 Å². The molecule has 1 aromatic rings. The summed E-state index contributed by atoms with van der Waals surface area (Å²) < 4.78 is 2.13. The first kappa shape index (κ1) is 13.1. The second kappa shape index (κ2) is 6.01. The summed E-state index contributed by atoms with van der Waals surface area (Å²) in [6, 6.07) is 4.98. The molecule has 0 bridgehead atoms. The Morgan fingerprint density at radius 2 is 2.28 bits per heavy atom. The van der Waals surface area contributed by atoms with Gasteiger partial charge in [-0.3, -0.25) is 9.58 Å². The highest BCUT2D eigenvalue weighted by Gasteiger charge is 2.17. The van der Waals surface area contributed by atoms with E-state index in [0.717, 1.165) is 18.8 Å². The molecule has 1 aromatic heterocycles. The maximum absolute atomic E-state index is 8.80. The predicted octanol–water partition coefficient (Wildman–Crippen LogP) is 2.59. The third-order valence-corrected chi connectivity index (χ3v) is 3.60. The molecule has 1 fully saturated rings. The fraction of sp³-hybridized carbons (Fsp3) is 0.714. The van der Waals surface area contributed by atoms with Gasteiger partial charge in [0, 0.05) is 19.3 Å². The largest absolute Gasteiger partial charge is 0.299 e. The first-order valence-electron chi connectivity index (χ1n) is 6.81. The zero-order valence-electron chi connectivity index (χ0n) is 11.3. The molecule has 1 unspecified atom stereocenters. The van der Waals surface area contributed by atoms with E-state index in [1.54, 1.807) is 0 Å². The molecule has 0 aromatic carbocycles. The van der Waals surface area contributed by atoms with E-state index < -0.39 is 0 Å². The lowest BCUT2D eigenvalue weighted by Gasteiger charge is -2.16. The summed E-state index contributed by atoms with van der Waals surface area (Å²) in [5.74, 6) is 0.0758. The second-order valence-corrected chi connectivity index (χ2v) is 5.45. The van der Waals surface area contributed by atoms with E-state index in [4.69, 9.17) is 5.26 Å². The number of hydrogen-bond donors (Lipinski definition) is 0. The molecule has 1 aliphatic rings. The fourth-order valence-corrected chi connectivity index (χ4v) is 2.68. The molecule has 0 radical (unpaired) electrons. The van der Waals surface area contributed by atoms with E-state index in [0.29, 0.717) is 6.04 Å². The van der Waals surface area contributed by atoms with Gasteiger partial charge in [-0.25, -0.2) is 0 Å². The Labute approximate surface area is 109 Å². The Bertz CT molecular complexity index is 412. The molecule has 2 rings (SSSR count). The topological polar surface area (TPSA) is 44.9 Å². The van der Waals surface area contributed by atoms with Gasteiger partial charge < -0.3 is 0 Å². The normalized spacial score (nSPS) is 18.1. The quantitative estimate of drug-likeness (QED) is 0.802. The number of rotatable bonds is 5. The van der Waals surface area contributed by atoms with Crippen molar-refractivity contribution in [2.75, 3.05) is 13.6 Å². The average Bonchev–Trinajstić information content (AvgIpc) is 2.98.